The van der Waals surface area contributed by atoms with E-state index in [0.29, 0.717) is 9.82 Å². The number of amides is 2. The van der Waals surface area contributed by atoms with Crippen LogP contribution in [0.4, 0.5) is 0 Å². The molecule has 0 atom stereocenters. The number of piperidine rings is 1. The van der Waals surface area contributed by atoms with Gasteiger partial charge in [0.05, 0.1) is 28.3 Å². The second-order valence-corrected chi connectivity index (χ2v) is 9.26. The second kappa shape index (κ2) is 11.0. The Balaban J connectivity index is 1.71. The first kappa shape index (κ1) is 22.8. The molecule has 0 saturated carbocycles. The molecule has 0 spiro atoms. The molecule has 2 heterocycles. The lowest BCUT2D eigenvalue weighted by Crippen LogP contribution is -2.36. The molecule has 0 unspecified atom stereocenters. The largest absolute Gasteiger partial charge is 0.465 e. The molecule has 162 valence electrons. The average Bonchev–Trinajstić information content (AvgIpc) is 3.04. The third-order valence-corrected chi connectivity index (χ3v) is 6.80. The highest BCUT2D eigenvalue weighted by Crippen LogP contribution is 2.22. The van der Waals surface area contributed by atoms with Crippen LogP contribution in [0.15, 0.2) is 23.2 Å². The van der Waals surface area contributed by atoms with Crippen molar-refractivity contribution < 1.29 is 19.1 Å². The lowest BCUT2D eigenvalue weighted by atomic mass is 10.1. The fourth-order valence-corrected chi connectivity index (χ4v) is 5.24. The molecule has 3 rings (SSSR count). The Morgan fingerprint density at radius 2 is 1.97 bits per heavy atom. The zero-order chi connectivity index (χ0) is 21.5. The van der Waals surface area contributed by atoms with Crippen LogP contribution >= 0.6 is 34.7 Å². The lowest BCUT2D eigenvalue weighted by Gasteiger charge is -2.26. The summed E-state index contributed by atoms with van der Waals surface area (Å²) in [5.74, 6) is -0.300. The van der Waals surface area contributed by atoms with Crippen LogP contribution in [0, 0.1) is 0 Å². The second-order valence-electron chi connectivity index (χ2n) is 6.83. The predicted octanol–water partition coefficient (Wildman–Crippen LogP) is 3.09. The zero-order valence-corrected chi connectivity index (χ0v) is 19.2. The molecule has 0 bridgehead atoms. The summed E-state index contributed by atoms with van der Waals surface area (Å²) in [6.07, 6.45) is 3.25. The van der Waals surface area contributed by atoms with Gasteiger partial charge in [0.1, 0.15) is 6.54 Å². The highest BCUT2D eigenvalue weighted by molar-refractivity contribution is 8.00. The van der Waals surface area contributed by atoms with Crippen molar-refractivity contribution in [3.8, 4) is 0 Å². The topological polar surface area (TPSA) is 81.0 Å². The molecule has 2 amide bonds. The van der Waals surface area contributed by atoms with E-state index in [1.807, 2.05) is 4.90 Å². The van der Waals surface area contributed by atoms with Crippen LogP contribution in [0.25, 0.3) is 10.2 Å². The maximum absolute atomic E-state index is 12.4. The van der Waals surface area contributed by atoms with E-state index in [1.54, 1.807) is 29.7 Å². The molecule has 2 aromatic rings. The summed E-state index contributed by atoms with van der Waals surface area (Å²) in [5.41, 5.74) is 0.761. The Morgan fingerprint density at radius 1 is 1.20 bits per heavy atom. The number of aromatic nitrogens is 1. The Bertz CT molecular complexity index is 996. The summed E-state index contributed by atoms with van der Waals surface area (Å²) >= 11 is 8.63. The molecule has 1 aliphatic rings. The number of ether oxygens (including phenoxy) is 1. The monoisotopic (exact) mass is 469 g/mol. The Morgan fingerprint density at radius 3 is 2.70 bits per heavy atom. The number of thioether (sulfide) groups is 1. The van der Waals surface area contributed by atoms with Crippen molar-refractivity contribution >= 4 is 62.7 Å². The number of hydrogen-bond donors (Lipinski definition) is 0. The van der Waals surface area contributed by atoms with Crippen molar-refractivity contribution in [2.75, 3.05) is 31.2 Å². The Kier molecular flexibility index (Phi) is 8.35. The molecule has 1 aromatic carbocycles. The van der Waals surface area contributed by atoms with Gasteiger partial charge in [0.25, 0.3) is 5.91 Å². The van der Waals surface area contributed by atoms with Crippen molar-refractivity contribution in [2.45, 2.75) is 32.7 Å². The van der Waals surface area contributed by atoms with Gasteiger partial charge in [0.15, 0.2) is 4.80 Å². The normalized spacial score (nSPS) is 14.9. The first-order chi connectivity index (χ1) is 14.5. The number of fused-ring (bicyclic) bond motifs is 1. The van der Waals surface area contributed by atoms with Gasteiger partial charge in [-0.15, -0.1) is 11.8 Å². The third kappa shape index (κ3) is 6.09. The molecule has 1 saturated heterocycles. The SMILES string of the molecule is CCOC(=O)Cn1c(=NC(=O)CSCC(=O)N2CCCCC2)sc2cc(Cl)ccc21. The molecule has 30 heavy (non-hydrogen) atoms. The quantitative estimate of drug-likeness (QED) is 0.582. The highest BCUT2D eigenvalue weighted by atomic mass is 35.5. The molecular formula is C20H24ClN3O4S2. The van der Waals surface area contributed by atoms with Crippen molar-refractivity contribution in [3.05, 3.63) is 28.0 Å². The van der Waals surface area contributed by atoms with Crippen molar-refractivity contribution in [2.24, 2.45) is 4.99 Å². The fraction of sp³-hybridized carbons (Fsp3) is 0.500. The van der Waals surface area contributed by atoms with Crippen LogP contribution in [-0.2, 0) is 25.7 Å². The van der Waals surface area contributed by atoms with Gasteiger partial charge in [-0.05, 0) is 44.4 Å². The van der Waals surface area contributed by atoms with Gasteiger partial charge in [-0.1, -0.05) is 22.9 Å². The van der Waals surface area contributed by atoms with E-state index in [4.69, 9.17) is 16.3 Å². The van der Waals surface area contributed by atoms with Crippen molar-refractivity contribution in [3.63, 3.8) is 0 Å². The van der Waals surface area contributed by atoms with Gasteiger partial charge in [-0.25, -0.2) is 0 Å². The summed E-state index contributed by atoms with van der Waals surface area (Å²) in [4.78, 5) is 43.1. The molecule has 0 radical (unpaired) electrons. The van der Waals surface area contributed by atoms with Crippen LogP contribution in [-0.4, -0.2) is 58.5 Å². The molecular weight excluding hydrogens is 446 g/mol. The molecule has 7 nitrogen and oxygen atoms in total. The number of likely N-dealkylation sites (tertiary alicyclic amines) is 1. The molecule has 0 aliphatic carbocycles. The summed E-state index contributed by atoms with van der Waals surface area (Å²) in [5, 5.41) is 0.566. The number of halogens is 1. The van der Waals surface area contributed by atoms with Gasteiger partial charge in [-0.3, -0.25) is 14.4 Å². The van der Waals surface area contributed by atoms with Crippen LogP contribution in [0.1, 0.15) is 26.2 Å². The fourth-order valence-electron chi connectivity index (χ4n) is 3.22. The Hall–Kier alpha value is -1.84. The van der Waals surface area contributed by atoms with Gasteiger partial charge >= 0.3 is 5.97 Å². The maximum Gasteiger partial charge on any atom is 0.326 e. The van der Waals surface area contributed by atoms with Crippen LogP contribution in [0.2, 0.25) is 5.02 Å². The first-order valence-electron chi connectivity index (χ1n) is 9.85. The summed E-state index contributed by atoms with van der Waals surface area (Å²) in [7, 11) is 0. The summed E-state index contributed by atoms with van der Waals surface area (Å²) < 4.78 is 7.53. The minimum Gasteiger partial charge on any atom is -0.465 e. The number of benzene rings is 1. The van der Waals surface area contributed by atoms with Crippen LogP contribution < -0.4 is 4.80 Å². The van der Waals surface area contributed by atoms with Gasteiger partial charge < -0.3 is 14.2 Å². The number of rotatable bonds is 7. The van der Waals surface area contributed by atoms with E-state index < -0.39 is 5.97 Å². The standard InChI is InChI=1S/C20H24ClN3O4S2/c1-2-28-19(27)11-24-15-7-6-14(21)10-16(15)30-20(24)22-17(25)12-29-13-18(26)23-8-4-3-5-9-23/h6-7,10H,2-5,8-9,11-13H2,1H3. The predicted molar refractivity (Wildman–Crippen MR) is 120 cm³/mol. The van der Waals surface area contributed by atoms with Crippen LogP contribution in [0.3, 0.4) is 0 Å². The number of carbonyl (C=O) groups excluding carboxylic acids is 3. The lowest BCUT2D eigenvalue weighted by molar-refractivity contribution is -0.143. The van der Waals surface area contributed by atoms with E-state index in [0.717, 1.165) is 36.1 Å². The molecule has 10 heteroatoms. The minimum absolute atomic E-state index is 0.0395. The number of thiazole rings is 1. The minimum atomic E-state index is -0.400. The summed E-state index contributed by atoms with van der Waals surface area (Å²) in [6.45, 7) is 3.58. The summed E-state index contributed by atoms with van der Waals surface area (Å²) in [6, 6.07) is 5.30. The van der Waals surface area contributed by atoms with E-state index in [-0.39, 0.29) is 36.5 Å². The molecule has 1 aliphatic heterocycles. The maximum atomic E-state index is 12.4. The number of nitrogens with zero attached hydrogens (tertiary/aromatic N) is 3. The van der Waals surface area contributed by atoms with E-state index in [9.17, 15) is 14.4 Å². The van der Waals surface area contributed by atoms with Gasteiger partial charge in [0, 0.05) is 18.1 Å². The molecule has 1 fully saturated rings. The first-order valence-corrected chi connectivity index (χ1v) is 12.2. The van der Waals surface area contributed by atoms with Crippen molar-refractivity contribution in [1.82, 2.24) is 9.47 Å². The van der Waals surface area contributed by atoms with E-state index >= 15 is 0 Å². The van der Waals surface area contributed by atoms with Crippen LogP contribution in [0.5, 0.6) is 0 Å². The van der Waals surface area contributed by atoms with E-state index in [1.165, 1.54) is 29.5 Å². The zero-order valence-electron chi connectivity index (χ0n) is 16.8. The molecule has 0 N–H and O–H groups in total. The Labute approximate surface area is 188 Å². The number of carbonyl (C=O) groups is 3. The van der Waals surface area contributed by atoms with Gasteiger partial charge in [-0.2, -0.15) is 4.99 Å². The average molecular weight is 470 g/mol. The van der Waals surface area contributed by atoms with Gasteiger partial charge in [0.2, 0.25) is 5.91 Å². The number of hydrogen-bond acceptors (Lipinski definition) is 6. The smallest absolute Gasteiger partial charge is 0.326 e. The van der Waals surface area contributed by atoms with Crippen molar-refractivity contribution in [1.29, 1.82) is 0 Å². The third-order valence-electron chi connectivity index (χ3n) is 4.62. The number of esters is 1. The van der Waals surface area contributed by atoms with E-state index in [2.05, 4.69) is 4.99 Å². The highest BCUT2D eigenvalue weighted by Gasteiger charge is 2.17. The molecule has 1 aromatic heterocycles.